The van der Waals surface area contributed by atoms with Gasteiger partial charge in [-0.05, 0) is 49.2 Å². The molecule has 1 atom stereocenters. The van der Waals surface area contributed by atoms with Gasteiger partial charge in [-0.1, -0.05) is 24.3 Å². The van der Waals surface area contributed by atoms with Crippen molar-refractivity contribution in [3.05, 3.63) is 60.0 Å². The molecule has 2 aromatic carbocycles. The molecule has 6 nitrogen and oxygen atoms in total. The molecule has 1 aliphatic rings. The van der Waals surface area contributed by atoms with E-state index in [1.165, 1.54) is 0 Å². The second-order valence-electron chi connectivity index (χ2n) is 7.06. The van der Waals surface area contributed by atoms with Gasteiger partial charge in [-0.15, -0.1) is 0 Å². The third-order valence-electron chi connectivity index (χ3n) is 4.84. The second kappa shape index (κ2) is 7.80. The van der Waals surface area contributed by atoms with Gasteiger partial charge in [0.1, 0.15) is 17.7 Å². The lowest BCUT2D eigenvalue weighted by atomic mass is 10.0. The standard InChI is InChI=1S/C21H23N3O3/c25-17-7-3-5-15(11-17)13-24-10-4-6-16(14-24)22-20(26)12-21-23-18-8-1-2-9-19(18)27-21/h1-3,5,7-9,11,16,25H,4,6,10,12-14H2,(H,22,26)/t16-/m1/s1. The Morgan fingerprint density at radius 3 is 3.00 bits per heavy atom. The maximum absolute atomic E-state index is 12.4. The number of hydrogen-bond donors (Lipinski definition) is 2. The number of phenols is 1. The van der Waals surface area contributed by atoms with Crippen LogP contribution in [-0.4, -0.2) is 40.0 Å². The van der Waals surface area contributed by atoms with Crippen molar-refractivity contribution in [3.8, 4) is 5.75 Å². The number of aromatic hydroxyl groups is 1. The monoisotopic (exact) mass is 365 g/mol. The van der Waals surface area contributed by atoms with Crippen molar-refractivity contribution in [3.63, 3.8) is 0 Å². The predicted octanol–water partition coefficient (Wildman–Crippen LogP) is 2.86. The van der Waals surface area contributed by atoms with Gasteiger partial charge in [-0.25, -0.2) is 4.98 Å². The molecule has 0 unspecified atom stereocenters. The molecule has 27 heavy (non-hydrogen) atoms. The number of nitrogens with one attached hydrogen (secondary N) is 1. The molecule has 1 fully saturated rings. The number of phenolic OH excluding ortho intramolecular Hbond substituents is 1. The molecule has 1 amide bonds. The zero-order valence-corrected chi connectivity index (χ0v) is 15.1. The second-order valence-corrected chi connectivity index (χ2v) is 7.06. The van der Waals surface area contributed by atoms with Gasteiger partial charge in [0.05, 0.1) is 0 Å². The van der Waals surface area contributed by atoms with Gasteiger partial charge in [0, 0.05) is 19.1 Å². The van der Waals surface area contributed by atoms with Gasteiger partial charge in [0.25, 0.3) is 0 Å². The van der Waals surface area contributed by atoms with E-state index in [1.807, 2.05) is 36.4 Å². The van der Waals surface area contributed by atoms with Crippen LogP contribution in [0.2, 0.25) is 0 Å². The minimum Gasteiger partial charge on any atom is -0.508 e. The molecule has 3 aromatic rings. The zero-order chi connectivity index (χ0) is 18.6. The van der Waals surface area contributed by atoms with Crippen LogP contribution in [-0.2, 0) is 17.8 Å². The minimum absolute atomic E-state index is 0.0641. The lowest BCUT2D eigenvalue weighted by molar-refractivity contribution is -0.121. The highest BCUT2D eigenvalue weighted by atomic mass is 16.3. The van der Waals surface area contributed by atoms with E-state index in [9.17, 15) is 9.90 Å². The molecule has 0 bridgehead atoms. The maximum atomic E-state index is 12.4. The fourth-order valence-electron chi connectivity index (χ4n) is 3.64. The van der Waals surface area contributed by atoms with Crippen LogP contribution < -0.4 is 5.32 Å². The summed E-state index contributed by atoms with van der Waals surface area (Å²) < 4.78 is 5.63. The summed E-state index contributed by atoms with van der Waals surface area (Å²) in [5.74, 6) is 0.666. The largest absolute Gasteiger partial charge is 0.508 e. The Morgan fingerprint density at radius 2 is 2.15 bits per heavy atom. The Hall–Kier alpha value is -2.86. The van der Waals surface area contributed by atoms with Gasteiger partial charge in [0.15, 0.2) is 5.58 Å². The topological polar surface area (TPSA) is 78.6 Å². The Labute approximate surface area is 157 Å². The van der Waals surface area contributed by atoms with Crippen molar-refractivity contribution >= 4 is 17.0 Å². The average molecular weight is 365 g/mol. The zero-order valence-electron chi connectivity index (χ0n) is 15.1. The van der Waals surface area contributed by atoms with E-state index < -0.39 is 0 Å². The Morgan fingerprint density at radius 1 is 1.26 bits per heavy atom. The van der Waals surface area contributed by atoms with Crippen LogP contribution in [0.3, 0.4) is 0 Å². The molecule has 0 saturated carbocycles. The number of rotatable bonds is 5. The number of likely N-dealkylation sites (tertiary alicyclic amines) is 1. The van der Waals surface area contributed by atoms with E-state index in [0.717, 1.165) is 43.6 Å². The average Bonchev–Trinajstić information content (AvgIpc) is 3.04. The van der Waals surface area contributed by atoms with Crippen molar-refractivity contribution in [1.82, 2.24) is 15.2 Å². The van der Waals surface area contributed by atoms with Crippen LogP contribution in [0.15, 0.2) is 52.9 Å². The van der Waals surface area contributed by atoms with E-state index in [-0.39, 0.29) is 24.1 Å². The number of para-hydroxylation sites is 2. The van der Waals surface area contributed by atoms with Crippen LogP contribution in [0.25, 0.3) is 11.1 Å². The summed E-state index contributed by atoms with van der Waals surface area (Å²) >= 11 is 0. The number of aromatic nitrogens is 1. The molecular weight excluding hydrogens is 342 g/mol. The summed E-state index contributed by atoms with van der Waals surface area (Å²) in [4.78, 5) is 19.1. The highest BCUT2D eigenvalue weighted by molar-refractivity contribution is 5.79. The number of benzene rings is 2. The van der Waals surface area contributed by atoms with Gasteiger partial charge in [-0.2, -0.15) is 0 Å². The lowest BCUT2D eigenvalue weighted by Crippen LogP contribution is -2.47. The van der Waals surface area contributed by atoms with E-state index in [4.69, 9.17) is 4.42 Å². The van der Waals surface area contributed by atoms with E-state index >= 15 is 0 Å². The van der Waals surface area contributed by atoms with Crippen LogP contribution in [0.1, 0.15) is 24.3 Å². The molecule has 1 aliphatic heterocycles. The van der Waals surface area contributed by atoms with Crippen LogP contribution in [0, 0.1) is 0 Å². The summed E-state index contributed by atoms with van der Waals surface area (Å²) in [5, 5.41) is 12.7. The quantitative estimate of drug-likeness (QED) is 0.727. The van der Waals surface area contributed by atoms with Crippen LogP contribution in [0.5, 0.6) is 5.75 Å². The maximum Gasteiger partial charge on any atom is 0.229 e. The number of piperidine rings is 1. The minimum atomic E-state index is -0.0641. The first-order valence-electron chi connectivity index (χ1n) is 9.30. The first-order valence-corrected chi connectivity index (χ1v) is 9.30. The normalized spacial score (nSPS) is 17.9. The number of carbonyl (C=O) groups excluding carboxylic acids is 1. The molecule has 2 N–H and O–H groups in total. The molecule has 4 rings (SSSR count). The molecular formula is C21H23N3O3. The van der Waals surface area contributed by atoms with Crippen molar-refractivity contribution in [2.24, 2.45) is 0 Å². The fourth-order valence-corrected chi connectivity index (χ4v) is 3.64. The molecule has 2 heterocycles. The number of hydrogen-bond acceptors (Lipinski definition) is 5. The molecule has 6 heteroatoms. The van der Waals surface area contributed by atoms with Crippen molar-refractivity contribution in [2.45, 2.75) is 31.8 Å². The molecule has 0 spiro atoms. The first-order chi connectivity index (χ1) is 13.2. The fraction of sp³-hybridized carbons (Fsp3) is 0.333. The highest BCUT2D eigenvalue weighted by Gasteiger charge is 2.22. The molecule has 1 saturated heterocycles. The number of fused-ring (bicyclic) bond motifs is 1. The summed E-state index contributed by atoms with van der Waals surface area (Å²) in [6.07, 6.45) is 2.15. The van der Waals surface area contributed by atoms with E-state index in [0.29, 0.717) is 11.5 Å². The Bertz CT molecular complexity index is 904. The third kappa shape index (κ3) is 4.46. The lowest BCUT2D eigenvalue weighted by Gasteiger charge is -2.33. The molecule has 0 aliphatic carbocycles. The summed E-state index contributed by atoms with van der Waals surface area (Å²) in [5.41, 5.74) is 2.55. The van der Waals surface area contributed by atoms with E-state index in [1.54, 1.807) is 12.1 Å². The number of oxazole rings is 1. The molecule has 0 radical (unpaired) electrons. The Kier molecular flexibility index (Phi) is 5.07. The SMILES string of the molecule is O=C(Cc1nc2ccccc2o1)N[C@@H]1CCCN(Cc2cccc(O)c2)C1. The molecule has 140 valence electrons. The summed E-state index contributed by atoms with van der Waals surface area (Å²) in [6.45, 7) is 2.56. The summed E-state index contributed by atoms with van der Waals surface area (Å²) in [7, 11) is 0. The van der Waals surface area contributed by atoms with Crippen molar-refractivity contribution in [1.29, 1.82) is 0 Å². The number of amides is 1. The van der Waals surface area contributed by atoms with Crippen LogP contribution in [0.4, 0.5) is 0 Å². The third-order valence-corrected chi connectivity index (χ3v) is 4.84. The smallest absolute Gasteiger partial charge is 0.229 e. The van der Waals surface area contributed by atoms with Crippen molar-refractivity contribution < 1.29 is 14.3 Å². The van der Waals surface area contributed by atoms with Gasteiger partial charge in [0.2, 0.25) is 11.8 Å². The highest BCUT2D eigenvalue weighted by Crippen LogP contribution is 2.18. The number of nitrogens with zero attached hydrogens (tertiary/aromatic N) is 2. The Balaban J connectivity index is 1.32. The number of carbonyl (C=O) groups is 1. The van der Waals surface area contributed by atoms with Gasteiger partial charge >= 0.3 is 0 Å². The van der Waals surface area contributed by atoms with Crippen molar-refractivity contribution in [2.75, 3.05) is 13.1 Å². The van der Waals surface area contributed by atoms with E-state index in [2.05, 4.69) is 15.2 Å². The van der Waals surface area contributed by atoms with Crippen LogP contribution >= 0.6 is 0 Å². The van der Waals surface area contributed by atoms with Gasteiger partial charge < -0.3 is 14.8 Å². The predicted molar refractivity (Wildman–Crippen MR) is 102 cm³/mol. The molecule has 1 aromatic heterocycles. The van der Waals surface area contributed by atoms with Gasteiger partial charge in [-0.3, -0.25) is 9.69 Å². The first kappa shape index (κ1) is 17.5. The summed E-state index contributed by atoms with van der Waals surface area (Å²) in [6, 6.07) is 15.0.